The number of imidazole rings is 1. The van der Waals surface area contributed by atoms with Crippen LogP contribution in [-0.2, 0) is 0 Å². The zero-order valence-electron chi connectivity index (χ0n) is 24.7. The Morgan fingerprint density at radius 1 is 0.543 bits per heavy atom. The predicted octanol–water partition coefficient (Wildman–Crippen LogP) is 11.4. The van der Waals surface area contributed by atoms with E-state index in [9.17, 15) is 0 Å². The molecule has 0 saturated heterocycles. The van der Waals surface area contributed by atoms with Crippen molar-refractivity contribution in [1.29, 1.82) is 0 Å². The first-order valence-electron chi connectivity index (χ1n) is 16.3. The maximum Gasteiger partial charge on any atom is 0.257 e. The fourth-order valence-corrected chi connectivity index (χ4v) is 5.80. The molecule has 0 fully saturated rings. The molecule has 1 heterocycles. The van der Waals surface area contributed by atoms with Crippen molar-refractivity contribution >= 4 is 0 Å². The Morgan fingerprint density at radius 3 is 1.34 bits per heavy atom. The van der Waals surface area contributed by atoms with E-state index < -0.39 is 0 Å². The SMILES string of the molecule is CCCCCCCCCCCCCCCCCC(CCCCCCC)c1[nH]cc[n+]1C(C)CCC. The largest absolute Gasteiger partial charge is 0.257 e. The number of rotatable bonds is 26. The molecule has 1 N–H and O–H groups in total. The van der Waals surface area contributed by atoms with Crippen molar-refractivity contribution in [2.45, 2.75) is 194 Å². The van der Waals surface area contributed by atoms with Crippen LogP contribution in [0, 0.1) is 0 Å². The second-order valence-electron chi connectivity index (χ2n) is 11.5. The molecule has 35 heavy (non-hydrogen) atoms. The van der Waals surface area contributed by atoms with Crippen LogP contribution in [0.2, 0.25) is 0 Å². The Kier molecular flexibility index (Phi) is 21.7. The van der Waals surface area contributed by atoms with E-state index in [2.05, 4.69) is 49.6 Å². The zero-order chi connectivity index (χ0) is 25.4. The fraction of sp³-hybridized carbons (Fsp3) is 0.909. The van der Waals surface area contributed by atoms with Gasteiger partial charge in [-0.1, -0.05) is 156 Å². The molecule has 2 nitrogen and oxygen atoms in total. The third-order valence-electron chi connectivity index (χ3n) is 8.12. The topological polar surface area (TPSA) is 19.7 Å². The highest BCUT2D eigenvalue weighted by molar-refractivity contribution is 4.90. The molecule has 0 radical (unpaired) electrons. The smallest absolute Gasteiger partial charge is 0.247 e. The van der Waals surface area contributed by atoms with Crippen LogP contribution in [0.3, 0.4) is 0 Å². The van der Waals surface area contributed by atoms with Crippen LogP contribution in [0.4, 0.5) is 0 Å². The number of aromatic nitrogens is 2. The van der Waals surface area contributed by atoms with Gasteiger partial charge in [-0.25, -0.2) is 9.55 Å². The molecule has 0 bridgehead atoms. The van der Waals surface area contributed by atoms with E-state index in [1.165, 1.54) is 160 Å². The van der Waals surface area contributed by atoms with E-state index in [0.717, 1.165) is 0 Å². The number of hydrogen-bond acceptors (Lipinski definition) is 0. The minimum atomic E-state index is 0.616. The Bertz CT molecular complexity index is 549. The van der Waals surface area contributed by atoms with Crippen LogP contribution in [0.25, 0.3) is 0 Å². The highest BCUT2D eigenvalue weighted by Gasteiger charge is 2.25. The monoisotopic (exact) mass is 490 g/mol. The van der Waals surface area contributed by atoms with Crippen molar-refractivity contribution in [2.75, 3.05) is 0 Å². The molecule has 0 saturated carbocycles. The Morgan fingerprint density at radius 2 is 0.943 bits per heavy atom. The Labute approximate surface area is 221 Å². The van der Waals surface area contributed by atoms with Gasteiger partial charge in [0.2, 0.25) is 0 Å². The molecule has 1 aromatic heterocycles. The normalized spacial score (nSPS) is 13.4. The van der Waals surface area contributed by atoms with Gasteiger partial charge in [0, 0.05) is 0 Å². The third kappa shape index (κ3) is 16.6. The van der Waals surface area contributed by atoms with Gasteiger partial charge in [-0.2, -0.15) is 0 Å². The first kappa shape index (κ1) is 32.2. The summed E-state index contributed by atoms with van der Waals surface area (Å²) in [5.41, 5.74) is 0. The van der Waals surface area contributed by atoms with Crippen LogP contribution in [0.15, 0.2) is 12.4 Å². The molecular formula is C33H65N2+. The van der Waals surface area contributed by atoms with E-state index in [1.807, 2.05) is 0 Å². The summed E-state index contributed by atoms with van der Waals surface area (Å²) >= 11 is 0. The lowest BCUT2D eigenvalue weighted by Crippen LogP contribution is -2.41. The number of hydrogen-bond donors (Lipinski definition) is 1. The highest BCUT2D eigenvalue weighted by atomic mass is 15.1. The van der Waals surface area contributed by atoms with E-state index >= 15 is 0 Å². The first-order chi connectivity index (χ1) is 17.2. The lowest BCUT2D eigenvalue weighted by atomic mass is 9.93. The maximum atomic E-state index is 3.66. The molecule has 1 rings (SSSR count). The van der Waals surface area contributed by atoms with Crippen molar-refractivity contribution in [1.82, 2.24) is 4.98 Å². The first-order valence-corrected chi connectivity index (χ1v) is 16.3. The van der Waals surface area contributed by atoms with Gasteiger partial charge in [0.05, 0.1) is 12.0 Å². The highest BCUT2D eigenvalue weighted by Crippen LogP contribution is 2.27. The molecule has 2 atom stereocenters. The zero-order valence-corrected chi connectivity index (χ0v) is 24.7. The summed E-state index contributed by atoms with van der Waals surface area (Å²) in [7, 11) is 0. The molecular weight excluding hydrogens is 424 g/mol. The predicted molar refractivity (Wildman–Crippen MR) is 156 cm³/mol. The minimum Gasteiger partial charge on any atom is -0.247 e. The van der Waals surface area contributed by atoms with Crippen molar-refractivity contribution in [2.24, 2.45) is 0 Å². The standard InChI is InChI=1S/C33H64N2/c1-5-8-10-12-13-14-15-16-17-18-19-20-21-23-25-28-32(27-24-22-11-9-6-2)33-34-29-30-35(33)31(4)26-7-3/h29-32H,5-28H2,1-4H3/p+1. The molecule has 0 aromatic carbocycles. The van der Waals surface area contributed by atoms with Crippen molar-refractivity contribution in [3.63, 3.8) is 0 Å². The molecule has 0 aliphatic heterocycles. The van der Waals surface area contributed by atoms with E-state index in [4.69, 9.17) is 0 Å². The summed E-state index contributed by atoms with van der Waals surface area (Å²) in [6.45, 7) is 9.33. The van der Waals surface area contributed by atoms with Crippen LogP contribution >= 0.6 is 0 Å². The molecule has 2 unspecified atom stereocenters. The molecule has 2 heteroatoms. The van der Waals surface area contributed by atoms with Crippen molar-refractivity contribution in [3.05, 3.63) is 18.2 Å². The average Bonchev–Trinajstić information content (AvgIpc) is 3.35. The second-order valence-corrected chi connectivity index (χ2v) is 11.5. The van der Waals surface area contributed by atoms with Gasteiger partial charge in [0.1, 0.15) is 12.4 Å². The summed E-state index contributed by atoms with van der Waals surface area (Å²) in [5.74, 6) is 2.22. The summed E-state index contributed by atoms with van der Waals surface area (Å²) in [4.78, 5) is 3.66. The lowest BCUT2D eigenvalue weighted by Gasteiger charge is -2.17. The number of unbranched alkanes of at least 4 members (excludes halogenated alkanes) is 18. The summed E-state index contributed by atoms with van der Waals surface area (Å²) in [6.07, 6.45) is 38.4. The minimum absolute atomic E-state index is 0.616. The quantitative estimate of drug-likeness (QED) is 0.0985. The summed E-state index contributed by atoms with van der Waals surface area (Å²) < 4.78 is 2.56. The number of H-pyrrole nitrogens is 1. The van der Waals surface area contributed by atoms with Crippen LogP contribution in [0.5, 0.6) is 0 Å². The molecule has 0 aliphatic rings. The van der Waals surface area contributed by atoms with E-state index in [0.29, 0.717) is 12.0 Å². The van der Waals surface area contributed by atoms with Crippen LogP contribution < -0.4 is 4.57 Å². The number of nitrogens with one attached hydrogen (secondary N) is 1. The van der Waals surface area contributed by atoms with Gasteiger partial charge in [-0.3, -0.25) is 0 Å². The Balaban J connectivity index is 2.21. The second kappa shape index (κ2) is 23.6. The maximum absolute atomic E-state index is 3.66. The summed E-state index contributed by atoms with van der Waals surface area (Å²) in [6, 6.07) is 0.616. The lowest BCUT2D eigenvalue weighted by molar-refractivity contribution is -0.727. The van der Waals surface area contributed by atoms with Gasteiger partial charge >= 0.3 is 0 Å². The van der Waals surface area contributed by atoms with Gasteiger partial charge in [0.25, 0.3) is 5.82 Å². The molecule has 1 aromatic rings. The van der Waals surface area contributed by atoms with E-state index in [1.54, 1.807) is 0 Å². The van der Waals surface area contributed by atoms with Crippen molar-refractivity contribution in [3.8, 4) is 0 Å². The number of nitrogens with zero attached hydrogens (tertiary/aromatic N) is 1. The third-order valence-corrected chi connectivity index (χ3v) is 8.12. The molecule has 0 spiro atoms. The van der Waals surface area contributed by atoms with E-state index in [-0.39, 0.29) is 0 Å². The van der Waals surface area contributed by atoms with Gasteiger partial charge in [-0.15, -0.1) is 0 Å². The van der Waals surface area contributed by atoms with Crippen molar-refractivity contribution < 1.29 is 4.57 Å². The average molecular weight is 490 g/mol. The number of aromatic amines is 1. The van der Waals surface area contributed by atoms with Gasteiger partial charge < -0.3 is 0 Å². The van der Waals surface area contributed by atoms with Crippen LogP contribution in [0.1, 0.15) is 200 Å². The van der Waals surface area contributed by atoms with Gasteiger partial charge in [0.15, 0.2) is 0 Å². The Hall–Kier alpha value is -0.790. The fourth-order valence-electron chi connectivity index (χ4n) is 5.80. The summed E-state index contributed by atoms with van der Waals surface area (Å²) in [5, 5.41) is 0. The molecule has 0 amide bonds. The van der Waals surface area contributed by atoms with Gasteiger partial charge in [-0.05, 0) is 26.2 Å². The molecule has 0 aliphatic carbocycles. The molecule has 206 valence electrons. The van der Waals surface area contributed by atoms with Crippen LogP contribution in [-0.4, -0.2) is 4.98 Å².